The molecule has 0 aliphatic carbocycles. The normalized spacial score (nSPS) is 19.5. The topological polar surface area (TPSA) is 65.5 Å². The van der Waals surface area contributed by atoms with Crippen LogP contribution in [0.25, 0.3) is 0 Å². The molecule has 0 atom stereocenters. The van der Waals surface area contributed by atoms with Gasteiger partial charge in [0.2, 0.25) is 5.96 Å². The van der Waals surface area contributed by atoms with E-state index in [2.05, 4.69) is 21.7 Å². The van der Waals surface area contributed by atoms with Gasteiger partial charge in [-0.2, -0.15) is 0 Å². The van der Waals surface area contributed by atoms with Gasteiger partial charge in [-0.15, -0.1) is 0 Å². The lowest BCUT2D eigenvalue weighted by atomic mass is 10.3. The molecule has 2 aliphatic heterocycles. The second kappa shape index (κ2) is 6.98. The standard InChI is InChI=1S/C16H24N4O3S/c1-3-18-10-12-19(13-11-18)16-17-8-9-20(16)24(21,22)15-6-4-14(23-2)5-7-15/h4-7H,3,8-13H2,1-2H3. The minimum absolute atomic E-state index is 0.269. The van der Waals surface area contributed by atoms with Gasteiger partial charge in [-0.1, -0.05) is 6.92 Å². The SMILES string of the molecule is CCN1CCN(C2=NCCN2S(=O)(=O)c2ccc(OC)cc2)CC1. The van der Waals surface area contributed by atoms with Crippen LogP contribution in [0.15, 0.2) is 34.2 Å². The molecule has 1 aromatic carbocycles. The van der Waals surface area contributed by atoms with Crippen molar-refractivity contribution in [3.8, 4) is 5.75 Å². The van der Waals surface area contributed by atoms with Crippen molar-refractivity contribution in [2.75, 3.05) is 52.9 Å². The van der Waals surface area contributed by atoms with Crippen LogP contribution in [0.1, 0.15) is 6.92 Å². The molecule has 1 saturated heterocycles. The van der Waals surface area contributed by atoms with E-state index < -0.39 is 10.0 Å². The molecule has 0 aromatic heterocycles. The summed E-state index contributed by atoms with van der Waals surface area (Å²) in [7, 11) is -2.03. The number of methoxy groups -OCH3 is 1. The number of benzene rings is 1. The van der Waals surface area contributed by atoms with Crippen LogP contribution in [0.2, 0.25) is 0 Å². The predicted molar refractivity (Wildman–Crippen MR) is 92.9 cm³/mol. The lowest BCUT2D eigenvalue weighted by Gasteiger charge is -2.37. The summed E-state index contributed by atoms with van der Waals surface area (Å²) in [6.45, 7) is 7.56. The lowest BCUT2D eigenvalue weighted by molar-refractivity contribution is 0.184. The van der Waals surface area contributed by atoms with Crippen LogP contribution in [0.5, 0.6) is 5.75 Å². The van der Waals surface area contributed by atoms with E-state index in [0.717, 1.165) is 32.7 Å². The van der Waals surface area contributed by atoms with E-state index in [1.54, 1.807) is 31.4 Å². The number of hydrogen-bond acceptors (Lipinski definition) is 6. The average Bonchev–Trinajstić information content (AvgIpc) is 3.12. The van der Waals surface area contributed by atoms with Crippen molar-refractivity contribution in [1.29, 1.82) is 0 Å². The van der Waals surface area contributed by atoms with Crippen LogP contribution in [-0.2, 0) is 10.0 Å². The van der Waals surface area contributed by atoms with Crippen molar-refractivity contribution in [3.63, 3.8) is 0 Å². The minimum Gasteiger partial charge on any atom is -0.497 e. The van der Waals surface area contributed by atoms with Crippen molar-refractivity contribution in [2.24, 2.45) is 4.99 Å². The fourth-order valence-electron chi connectivity index (χ4n) is 3.04. The van der Waals surface area contributed by atoms with Gasteiger partial charge in [0.1, 0.15) is 5.75 Å². The Kier molecular flexibility index (Phi) is 4.96. The molecule has 24 heavy (non-hydrogen) atoms. The largest absolute Gasteiger partial charge is 0.497 e. The summed E-state index contributed by atoms with van der Waals surface area (Å²) in [6, 6.07) is 6.50. The van der Waals surface area contributed by atoms with Crippen molar-refractivity contribution in [2.45, 2.75) is 11.8 Å². The van der Waals surface area contributed by atoms with Crippen LogP contribution in [-0.4, -0.2) is 81.4 Å². The molecule has 2 aliphatic rings. The number of piperazine rings is 1. The first-order valence-corrected chi connectivity index (χ1v) is 9.69. The first kappa shape index (κ1) is 17.0. The summed E-state index contributed by atoms with van der Waals surface area (Å²) in [5.41, 5.74) is 0. The number of aliphatic imine (C=N–C) groups is 1. The number of guanidine groups is 1. The Morgan fingerprint density at radius 1 is 1.08 bits per heavy atom. The summed E-state index contributed by atoms with van der Waals surface area (Å²) in [5.74, 6) is 1.22. The van der Waals surface area contributed by atoms with Gasteiger partial charge in [0.05, 0.1) is 25.1 Å². The molecule has 3 rings (SSSR count). The van der Waals surface area contributed by atoms with E-state index >= 15 is 0 Å². The number of nitrogens with zero attached hydrogens (tertiary/aromatic N) is 4. The molecular formula is C16H24N4O3S. The third-order valence-corrected chi connectivity index (χ3v) is 6.32. The van der Waals surface area contributed by atoms with Crippen LogP contribution >= 0.6 is 0 Å². The molecule has 0 radical (unpaired) electrons. The Morgan fingerprint density at radius 3 is 2.33 bits per heavy atom. The van der Waals surface area contributed by atoms with E-state index in [0.29, 0.717) is 24.8 Å². The average molecular weight is 352 g/mol. The van der Waals surface area contributed by atoms with Gasteiger partial charge in [0, 0.05) is 26.2 Å². The van der Waals surface area contributed by atoms with E-state index in [9.17, 15) is 8.42 Å². The second-order valence-electron chi connectivity index (χ2n) is 5.86. The van der Waals surface area contributed by atoms with Crippen molar-refractivity contribution < 1.29 is 13.2 Å². The molecule has 2 heterocycles. The molecule has 1 aromatic rings. The maximum Gasteiger partial charge on any atom is 0.266 e. The first-order chi connectivity index (χ1) is 11.6. The van der Waals surface area contributed by atoms with E-state index in [1.807, 2.05) is 0 Å². The Morgan fingerprint density at radius 2 is 1.75 bits per heavy atom. The van der Waals surface area contributed by atoms with Crippen molar-refractivity contribution in [3.05, 3.63) is 24.3 Å². The summed E-state index contributed by atoms with van der Waals surface area (Å²) >= 11 is 0. The van der Waals surface area contributed by atoms with Gasteiger partial charge in [0.25, 0.3) is 10.0 Å². The summed E-state index contributed by atoms with van der Waals surface area (Å²) in [4.78, 5) is 9.17. The number of likely N-dealkylation sites (N-methyl/N-ethyl adjacent to an activating group) is 1. The Hall–Kier alpha value is -1.80. The van der Waals surface area contributed by atoms with Crippen LogP contribution < -0.4 is 4.74 Å². The van der Waals surface area contributed by atoms with Gasteiger partial charge in [0.15, 0.2) is 0 Å². The summed E-state index contributed by atoms with van der Waals surface area (Å²) in [5, 5.41) is 0. The van der Waals surface area contributed by atoms with Crippen molar-refractivity contribution in [1.82, 2.24) is 14.1 Å². The molecule has 0 N–H and O–H groups in total. The van der Waals surface area contributed by atoms with Gasteiger partial charge in [-0.25, -0.2) is 12.7 Å². The maximum absolute atomic E-state index is 13.0. The zero-order valence-corrected chi connectivity index (χ0v) is 15.0. The van der Waals surface area contributed by atoms with E-state index in [1.165, 1.54) is 4.31 Å². The summed E-state index contributed by atoms with van der Waals surface area (Å²) in [6.07, 6.45) is 0. The van der Waals surface area contributed by atoms with Gasteiger partial charge in [-0.3, -0.25) is 4.99 Å². The fourth-order valence-corrected chi connectivity index (χ4v) is 4.49. The highest BCUT2D eigenvalue weighted by atomic mass is 32.2. The highest BCUT2D eigenvalue weighted by Gasteiger charge is 2.34. The molecule has 0 spiro atoms. The number of ether oxygens (including phenoxy) is 1. The molecule has 8 heteroatoms. The van der Waals surface area contributed by atoms with Crippen molar-refractivity contribution >= 4 is 16.0 Å². The van der Waals surface area contributed by atoms with Crippen LogP contribution in [0.3, 0.4) is 0 Å². The van der Waals surface area contributed by atoms with Gasteiger partial charge >= 0.3 is 0 Å². The van der Waals surface area contributed by atoms with Crippen LogP contribution in [0, 0.1) is 0 Å². The minimum atomic E-state index is -3.59. The molecule has 0 unspecified atom stereocenters. The third kappa shape index (κ3) is 3.21. The highest BCUT2D eigenvalue weighted by Crippen LogP contribution is 2.23. The molecule has 0 bridgehead atoms. The number of rotatable bonds is 4. The Labute approximate surface area is 143 Å². The third-order valence-electron chi connectivity index (χ3n) is 4.53. The molecule has 0 amide bonds. The van der Waals surface area contributed by atoms with E-state index in [-0.39, 0.29) is 4.90 Å². The first-order valence-electron chi connectivity index (χ1n) is 8.25. The number of sulfonamides is 1. The molecule has 0 saturated carbocycles. The van der Waals surface area contributed by atoms with Gasteiger partial charge in [-0.05, 0) is 30.8 Å². The molecule has 7 nitrogen and oxygen atoms in total. The quantitative estimate of drug-likeness (QED) is 0.798. The molecule has 1 fully saturated rings. The number of hydrogen-bond donors (Lipinski definition) is 0. The molecule has 132 valence electrons. The zero-order valence-electron chi connectivity index (χ0n) is 14.2. The summed E-state index contributed by atoms with van der Waals surface area (Å²) < 4.78 is 32.5. The fraction of sp³-hybridized carbons (Fsp3) is 0.562. The van der Waals surface area contributed by atoms with Gasteiger partial charge < -0.3 is 14.5 Å². The smallest absolute Gasteiger partial charge is 0.266 e. The Balaban J connectivity index is 1.78. The second-order valence-corrected chi connectivity index (χ2v) is 7.72. The monoisotopic (exact) mass is 352 g/mol. The lowest BCUT2D eigenvalue weighted by Crippen LogP contribution is -2.53. The maximum atomic E-state index is 13.0. The zero-order chi connectivity index (χ0) is 17.2. The van der Waals surface area contributed by atoms with Crippen LogP contribution in [0.4, 0.5) is 0 Å². The molecular weight excluding hydrogens is 328 g/mol. The Bertz CT molecular complexity index is 695. The predicted octanol–water partition coefficient (Wildman–Crippen LogP) is 0.693. The van der Waals surface area contributed by atoms with E-state index in [4.69, 9.17) is 4.74 Å². The highest BCUT2D eigenvalue weighted by molar-refractivity contribution is 7.89.